The Morgan fingerprint density at radius 3 is 2.30 bits per heavy atom. The highest BCUT2D eigenvalue weighted by Crippen LogP contribution is 2.45. The van der Waals surface area contributed by atoms with Gasteiger partial charge in [0, 0.05) is 5.69 Å². The Balaban J connectivity index is 1.66. The van der Waals surface area contributed by atoms with Gasteiger partial charge in [0.25, 0.3) is 0 Å². The number of benzene rings is 2. The Morgan fingerprint density at radius 2 is 1.65 bits per heavy atom. The maximum Gasteiger partial charge on any atom is 0.0314 e. The van der Waals surface area contributed by atoms with Gasteiger partial charge in [-0.3, -0.25) is 0 Å². The van der Waals surface area contributed by atoms with Crippen LogP contribution in [0.15, 0.2) is 48.5 Å². The van der Waals surface area contributed by atoms with E-state index >= 15 is 0 Å². The largest absolute Gasteiger partial charge is 0.399 e. The van der Waals surface area contributed by atoms with Crippen molar-refractivity contribution in [1.29, 1.82) is 0 Å². The van der Waals surface area contributed by atoms with E-state index in [1.807, 2.05) is 12.1 Å². The molecule has 0 saturated heterocycles. The Kier molecular flexibility index (Phi) is 4.75. The van der Waals surface area contributed by atoms with Crippen molar-refractivity contribution in [3.63, 3.8) is 0 Å². The molecule has 1 saturated carbocycles. The van der Waals surface area contributed by atoms with E-state index in [1.165, 1.54) is 37.7 Å². The van der Waals surface area contributed by atoms with E-state index < -0.39 is 0 Å². The Bertz CT molecular complexity index is 633. The summed E-state index contributed by atoms with van der Waals surface area (Å²) in [6.07, 6.45) is 7.61. The van der Waals surface area contributed by atoms with Crippen molar-refractivity contribution in [2.75, 3.05) is 5.73 Å². The minimum Gasteiger partial charge on any atom is -0.399 e. The fourth-order valence-electron chi connectivity index (χ4n) is 4.19. The van der Waals surface area contributed by atoms with E-state index in [1.54, 1.807) is 11.1 Å². The lowest BCUT2D eigenvalue weighted by molar-refractivity contribution is 0.197. The van der Waals surface area contributed by atoms with Crippen molar-refractivity contribution in [3.05, 3.63) is 65.2 Å². The summed E-state index contributed by atoms with van der Waals surface area (Å²) in [5.41, 5.74) is 11.7. The van der Waals surface area contributed by atoms with Crippen molar-refractivity contribution >= 4 is 5.69 Å². The van der Waals surface area contributed by atoms with E-state index in [-0.39, 0.29) is 0 Å². The van der Waals surface area contributed by atoms with Gasteiger partial charge in [-0.25, -0.2) is 0 Å². The van der Waals surface area contributed by atoms with E-state index in [9.17, 15) is 0 Å². The monoisotopic (exact) mass is 307 g/mol. The summed E-state index contributed by atoms with van der Waals surface area (Å²) in [5, 5.41) is 0. The molecular weight excluding hydrogens is 278 g/mol. The molecule has 0 aromatic heterocycles. The maximum absolute atomic E-state index is 5.80. The lowest BCUT2D eigenvalue weighted by Crippen LogP contribution is -2.26. The minimum absolute atomic E-state index is 0.438. The summed E-state index contributed by atoms with van der Waals surface area (Å²) in [5.74, 6) is 0.755. The molecule has 23 heavy (non-hydrogen) atoms. The smallest absolute Gasteiger partial charge is 0.0314 e. The van der Waals surface area contributed by atoms with Crippen LogP contribution >= 0.6 is 0 Å². The van der Waals surface area contributed by atoms with Crippen LogP contribution in [0.4, 0.5) is 5.69 Å². The molecule has 2 aromatic rings. The minimum atomic E-state index is 0.438. The van der Waals surface area contributed by atoms with Gasteiger partial charge in [0.2, 0.25) is 0 Å². The van der Waals surface area contributed by atoms with Gasteiger partial charge in [-0.1, -0.05) is 50.2 Å². The molecular formula is C22H29N. The topological polar surface area (TPSA) is 26.0 Å². The molecule has 0 radical (unpaired) electrons. The summed E-state index contributed by atoms with van der Waals surface area (Å²) < 4.78 is 0. The highest BCUT2D eigenvalue weighted by Gasteiger charge is 2.32. The zero-order valence-corrected chi connectivity index (χ0v) is 14.5. The van der Waals surface area contributed by atoms with Crippen molar-refractivity contribution in [1.82, 2.24) is 0 Å². The van der Waals surface area contributed by atoms with Crippen molar-refractivity contribution in [2.45, 2.75) is 58.3 Å². The molecule has 1 heteroatoms. The van der Waals surface area contributed by atoms with E-state index in [4.69, 9.17) is 5.73 Å². The summed E-state index contributed by atoms with van der Waals surface area (Å²) >= 11 is 0. The van der Waals surface area contributed by atoms with Gasteiger partial charge in [-0.05, 0) is 78.7 Å². The first-order chi connectivity index (χ1) is 11.1. The molecule has 3 rings (SSSR count). The SMILES string of the molecule is CCc1ccccc1C1CCC(C)(Cc2ccc(N)cc2)CC1. The van der Waals surface area contributed by atoms with Gasteiger partial charge >= 0.3 is 0 Å². The number of rotatable bonds is 4. The van der Waals surface area contributed by atoms with Crippen molar-refractivity contribution < 1.29 is 0 Å². The van der Waals surface area contributed by atoms with Crippen LogP contribution in [-0.4, -0.2) is 0 Å². The molecule has 1 aliphatic rings. The highest BCUT2D eigenvalue weighted by atomic mass is 14.5. The van der Waals surface area contributed by atoms with Crippen LogP contribution in [0.1, 0.15) is 62.1 Å². The number of aryl methyl sites for hydroxylation is 1. The van der Waals surface area contributed by atoms with E-state index in [2.05, 4.69) is 50.2 Å². The Morgan fingerprint density at radius 1 is 1.00 bits per heavy atom. The van der Waals surface area contributed by atoms with Crippen LogP contribution in [-0.2, 0) is 12.8 Å². The molecule has 0 aliphatic heterocycles. The summed E-state index contributed by atoms with van der Waals surface area (Å²) in [4.78, 5) is 0. The molecule has 0 atom stereocenters. The first kappa shape index (κ1) is 16.1. The third-order valence-electron chi connectivity index (χ3n) is 5.68. The Labute approximate surface area is 140 Å². The third-order valence-corrected chi connectivity index (χ3v) is 5.68. The van der Waals surface area contributed by atoms with Gasteiger partial charge in [0.15, 0.2) is 0 Å². The summed E-state index contributed by atoms with van der Waals surface area (Å²) in [7, 11) is 0. The number of hydrogen-bond acceptors (Lipinski definition) is 1. The van der Waals surface area contributed by atoms with Crippen LogP contribution in [0, 0.1) is 5.41 Å². The second-order valence-corrected chi connectivity index (χ2v) is 7.56. The number of nitrogen functional groups attached to an aromatic ring is 1. The quantitative estimate of drug-likeness (QED) is 0.716. The van der Waals surface area contributed by atoms with E-state index in [0.29, 0.717) is 5.41 Å². The number of anilines is 1. The van der Waals surface area contributed by atoms with Crippen molar-refractivity contribution in [3.8, 4) is 0 Å². The summed E-state index contributed by atoms with van der Waals surface area (Å²) in [6.45, 7) is 4.73. The molecule has 0 spiro atoms. The standard InChI is InChI=1S/C22H29N/c1-3-18-6-4-5-7-21(18)19-12-14-22(2,15-13-19)16-17-8-10-20(23)11-9-17/h4-11,19H,3,12-16,23H2,1-2H3. The van der Waals surface area contributed by atoms with Gasteiger partial charge in [0.05, 0.1) is 0 Å². The van der Waals surface area contributed by atoms with Crippen LogP contribution < -0.4 is 5.73 Å². The van der Waals surface area contributed by atoms with E-state index in [0.717, 1.165) is 18.0 Å². The van der Waals surface area contributed by atoms with Crippen LogP contribution in [0.3, 0.4) is 0 Å². The molecule has 0 heterocycles. The molecule has 1 fully saturated rings. The second kappa shape index (κ2) is 6.78. The van der Waals surface area contributed by atoms with Gasteiger partial charge < -0.3 is 5.73 Å². The molecule has 1 aliphatic carbocycles. The molecule has 2 N–H and O–H groups in total. The normalized spacial score (nSPS) is 24.5. The fraction of sp³-hybridized carbons (Fsp3) is 0.455. The Hall–Kier alpha value is -1.76. The zero-order chi connectivity index (χ0) is 16.3. The lowest BCUT2D eigenvalue weighted by atomic mass is 9.67. The number of nitrogens with two attached hydrogens (primary N) is 1. The van der Waals surface area contributed by atoms with Gasteiger partial charge in [-0.15, -0.1) is 0 Å². The van der Waals surface area contributed by atoms with Gasteiger partial charge in [0.1, 0.15) is 0 Å². The van der Waals surface area contributed by atoms with Crippen LogP contribution in [0.25, 0.3) is 0 Å². The third kappa shape index (κ3) is 3.77. The first-order valence-electron chi connectivity index (χ1n) is 9.02. The van der Waals surface area contributed by atoms with Gasteiger partial charge in [-0.2, -0.15) is 0 Å². The predicted octanol–water partition coefficient (Wildman–Crippen LogP) is 5.74. The highest BCUT2D eigenvalue weighted by molar-refractivity contribution is 5.39. The van der Waals surface area contributed by atoms with Crippen LogP contribution in [0.2, 0.25) is 0 Å². The molecule has 0 amide bonds. The molecule has 122 valence electrons. The average Bonchev–Trinajstić information content (AvgIpc) is 2.57. The van der Waals surface area contributed by atoms with Crippen LogP contribution in [0.5, 0.6) is 0 Å². The second-order valence-electron chi connectivity index (χ2n) is 7.56. The lowest BCUT2D eigenvalue weighted by Gasteiger charge is -2.38. The van der Waals surface area contributed by atoms with Crippen molar-refractivity contribution in [2.24, 2.45) is 5.41 Å². The predicted molar refractivity (Wildman–Crippen MR) is 99.7 cm³/mol. The molecule has 2 aromatic carbocycles. The molecule has 0 bridgehead atoms. The first-order valence-corrected chi connectivity index (χ1v) is 9.02. The zero-order valence-electron chi connectivity index (χ0n) is 14.5. The summed E-state index contributed by atoms with van der Waals surface area (Å²) in [6, 6.07) is 17.5. The average molecular weight is 307 g/mol. The molecule has 1 nitrogen and oxygen atoms in total. The fourth-order valence-corrected chi connectivity index (χ4v) is 4.19. The maximum atomic E-state index is 5.80. The molecule has 0 unspecified atom stereocenters. The number of hydrogen-bond donors (Lipinski definition) is 1.